The van der Waals surface area contributed by atoms with Crippen LogP contribution < -0.4 is 0 Å². The minimum absolute atomic E-state index is 1.08. The van der Waals surface area contributed by atoms with E-state index in [1.165, 1.54) is 0 Å². The van der Waals surface area contributed by atoms with Gasteiger partial charge in [-0.05, 0) is 28.2 Å². The Morgan fingerprint density at radius 3 is 0.833 bits per heavy atom. The van der Waals surface area contributed by atoms with Gasteiger partial charge in [-0.2, -0.15) is 0 Å². The number of hydrazine groups is 1. The summed E-state index contributed by atoms with van der Waals surface area (Å²) in [6.07, 6.45) is 0. The largest absolute Gasteiger partial charge is 0.308 e. The Kier molecular flexibility index (Phi) is 21.5. The van der Waals surface area contributed by atoms with Gasteiger partial charge in [0, 0.05) is 40.3 Å². The number of nitrogens with zero attached hydrogens (tertiary/aromatic N) is 4. The van der Waals surface area contributed by atoms with Crippen LogP contribution >= 0.6 is 0 Å². The summed E-state index contributed by atoms with van der Waals surface area (Å²) < 4.78 is 0. The predicted octanol–water partition coefficient (Wildman–Crippen LogP) is 1.94. The van der Waals surface area contributed by atoms with Crippen molar-refractivity contribution >= 4 is 0 Å². The molecule has 0 aliphatic rings. The first-order valence-corrected chi connectivity index (χ1v) is 7.15. The van der Waals surface area contributed by atoms with Gasteiger partial charge in [0.05, 0.1) is 0 Å². The first-order chi connectivity index (χ1) is 8.43. The van der Waals surface area contributed by atoms with Crippen molar-refractivity contribution in [1.82, 2.24) is 19.8 Å². The number of likely N-dealkylation sites (N-methyl/N-ethyl adjacent to an activating group) is 4. The van der Waals surface area contributed by atoms with Crippen LogP contribution in [0.3, 0.4) is 0 Å². The highest BCUT2D eigenvalue weighted by Crippen LogP contribution is 1.91. The summed E-state index contributed by atoms with van der Waals surface area (Å²) >= 11 is 0. The highest BCUT2D eigenvalue weighted by molar-refractivity contribution is 4.54. The van der Waals surface area contributed by atoms with Crippen molar-refractivity contribution in [3.8, 4) is 0 Å². The molecular formula is C14H38N4. The molecule has 0 bridgehead atoms. The molecule has 0 aliphatic heterocycles. The fraction of sp³-hybridized carbons (Fsp3) is 1.00. The normalized spacial score (nSPS) is 10.3. The quantitative estimate of drug-likeness (QED) is 0.650. The van der Waals surface area contributed by atoms with E-state index in [4.69, 9.17) is 0 Å². The van der Waals surface area contributed by atoms with E-state index < -0.39 is 0 Å². The fourth-order valence-corrected chi connectivity index (χ4v) is 1.03. The molecule has 0 atom stereocenters. The average molecular weight is 262 g/mol. The third-order valence-corrected chi connectivity index (χ3v) is 2.32. The lowest BCUT2D eigenvalue weighted by Crippen LogP contribution is -2.43. The Morgan fingerprint density at radius 2 is 0.667 bits per heavy atom. The van der Waals surface area contributed by atoms with Gasteiger partial charge in [-0.1, -0.05) is 27.7 Å². The Morgan fingerprint density at radius 1 is 0.444 bits per heavy atom. The summed E-state index contributed by atoms with van der Waals surface area (Å²) in [4.78, 5) is 4.41. The molecule has 0 rings (SSSR count). The first kappa shape index (κ1) is 23.0. The summed E-state index contributed by atoms with van der Waals surface area (Å²) in [6.45, 7) is 12.4. The smallest absolute Gasteiger partial charge is 0.0257 e. The van der Waals surface area contributed by atoms with Crippen LogP contribution in [0, 0.1) is 0 Å². The summed E-state index contributed by atoms with van der Waals surface area (Å²) in [5.74, 6) is 0. The van der Waals surface area contributed by atoms with Crippen molar-refractivity contribution in [1.29, 1.82) is 0 Å². The topological polar surface area (TPSA) is 13.0 Å². The average Bonchev–Trinajstić information content (AvgIpc) is 2.37. The molecule has 0 aromatic carbocycles. The van der Waals surface area contributed by atoms with Crippen LogP contribution in [0.15, 0.2) is 0 Å². The Hall–Kier alpha value is -0.160. The van der Waals surface area contributed by atoms with Gasteiger partial charge in [0.1, 0.15) is 0 Å². The minimum atomic E-state index is 1.08. The third-order valence-electron chi connectivity index (χ3n) is 2.32. The van der Waals surface area contributed by atoms with E-state index in [0.29, 0.717) is 0 Å². The monoisotopic (exact) mass is 262 g/mol. The van der Waals surface area contributed by atoms with Gasteiger partial charge >= 0.3 is 0 Å². The second kappa shape index (κ2) is 16.8. The highest BCUT2D eigenvalue weighted by atomic mass is 15.6. The van der Waals surface area contributed by atoms with Crippen molar-refractivity contribution < 1.29 is 0 Å². The molecular weight excluding hydrogens is 224 g/mol. The van der Waals surface area contributed by atoms with Crippen LogP contribution in [0.5, 0.6) is 0 Å². The summed E-state index contributed by atoms with van der Waals surface area (Å²) in [7, 11) is 12.7. The molecule has 0 N–H and O–H groups in total. The predicted molar refractivity (Wildman–Crippen MR) is 85.1 cm³/mol. The lowest BCUT2D eigenvalue weighted by atomic mass is 10.5. The van der Waals surface area contributed by atoms with Crippen LogP contribution in [0.4, 0.5) is 0 Å². The number of rotatable bonds is 7. The van der Waals surface area contributed by atoms with Gasteiger partial charge < -0.3 is 9.80 Å². The summed E-state index contributed by atoms with van der Waals surface area (Å²) in [5.41, 5.74) is 0. The molecule has 18 heavy (non-hydrogen) atoms. The van der Waals surface area contributed by atoms with Gasteiger partial charge in [-0.3, -0.25) is 0 Å². The van der Waals surface area contributed by atoms with E-state index >= 15 is 0 Å². The van der Waals surface area contributed by atoms with Crippen molar-refractivity contribution in [2.24, 2.45) is 0 Å². The molecule has 0 spiro atoms. The van der Waals surface area contributed by atoms with Gasteiger partial charge in [0.2, 0.25) is 0 Å². The first-order valence-electron chi connectivity index (χ1n) is 7.15. The van der Waals surface area contributed by atoms with E-state index in [1.807, 2.05) is 27.7 Å². The zero-order chi connectivity index (χ0) is 15.1. The highest BCUT2D eigenvalue weighted by Gasteiger charge is 2.05. The fourth-order valence-electron chi connectivity index (χ4n) is 1.03. The van der Waals surface area contributed by atoms with Gasteiger partial charge in [-0.25, -0.2) is 10.0 Å². The molecule has 0 fully saturated rings. The summed E-state index contributed by atoms with van der Waals surface area (Å²) in [6, 6.07) is 0. The van der Waals surface area contributed by atoms with E-state index in [0.717, 1.165) is 26.2 Å². The van der Waals surface area contributed by atoms with Crippen LogP contribution in [-0.4, -0.2) is 88.3 Å². The van der Waals surface area contributed by atoms with Crippen LogP contribution in [0.1, 0.15) is 27.7 Å². The lowest BCUT2D eigenvalue weighted by Gasteiger charge is -2.30. The maximum Gasteiger partial charge on any atom is 0.0257 e. The van der Waals surface area contributed by atoms with Crippen LogP contribution in [0.2, 0.25) is 0 Å². The maximum atomic E-state index is 2.27. The minimum Gasteiger partial charge on any atom is -0.308 e. The van der Waals surface area contributed by atoms with Crippen LogP contribution in [-0.2, 0) is 0 Å². The van der Waals surface area contributed by atoms with Crippen molar-refractivity contribution in [3.05, 3.63) is 0 Å². The Balaban J connectivity index is -0.000000506. The molecule has 4 nitrogen and oxygen atoms in total. The maximum absolute atomic E-state index is 2.27. The van der Waals surface area contributed by atoms with Gasteiger partial charge in [0.25, 0.3) is 0 Å². The van der Waals surface area contributed by atoms with E-state index in [9.17, 15) is 0 Å². The second-order valence-electron chi connectivity index (χ2n) is 4.37. The van der Waals surface area contributed by atoms with Gasteiger partial charge in [-0.15, -0.1) is 0 Å². The third kappa shape index (κ3) is 18.2. The molecule has 4 heteroatoms. The molecule has 0 unspecified atom stereocenters. The van der Waals surface area contributed by atoms with E-state index in [-0.39, 0.29) is 0 Å². The van der Waals surface area contributed by atoms with E-state index in [2.05, 4.69) is 62.1 Å². The molecule has 0 heterocycles. The van der Waals surface area contributed by atoms with Crippen LogP contribution in [0.25, 0.3) is 0 Å². The Labute approximate surface area is 117 Å². The molecule has 0 saturated heterocycles. The van der Waals surface area contributed by atoms with Crippen molar-refractivity contribution in [2.45, 2.75) is 27.7 Å². The van der Waals surface area contributed by atoms with E-state index in [1.54, 1.807) is 0 Å². The van der Waals surface area contributed by atoms with Crippen molar-refractivity contribution in [3.63, 3.8) is 0 Å². The molecule has 0 amide bonds. The van der Waals surface area contributed by atoms with Gasteiger partial charge in [0.15, 0.2) is 0 Å². The molecule has 114 valence electrons. The second-order valence-corrected chi connectivity index (χ2v) is 4.37. The lowest BCUT2D eigenvalue weighted by molar-refractivity contribution is 0.0175. The number of hydrogen-bond acceptors (Lipinski definition) is 4. The molecule has 0 aromatic rings. The zero-order valence-electron chi connectivity index (χ0n) is 14.6. The number of hydrogen-bond donors (Lipinski definition) is 0. The standard InChI is InChI=1S/C10H26N4.2C2H6/c1-11(2)7-9-13(5)14(6)10-8-12(3)4;2*1-2/h7-10H2,1-6H3;2*1-2H3. The molecule has 0 aromatic heterocycles. The zero-order valence-corrected chi connectivity index (χ0v) is 14.6. The molecule has 0 radical (unpaired) electrons. The van der Waals surface area contributed by atoms with Crippen molar-refractivity contribution in [2.75, 3.05) is 68.5 Å². The SMILES string of the molecule is CC.CC.CN(C)CCN(C)N(C)CCN(C)C. The Bertz CT molecular complexity index is 122. The summed E-state index contributed by atoms with van der Waals surface area (Å²) in [5, 5.41) is 4.53. The molecule has 0 saturated carbocycles. The molecule has 0 aliphatic carbocycles.